The number of hydrogen-bond acceptors (Lipinski definition) is 3. The topological polar surface area (TPSA) is 17.1 Å². The number of hydrogen-bond donors (Lipinski definition) is 0. The van der Waals surface area contributed by atoms with Crippen molar-refractivity contribution in [3.05, 3.63) is 133 Å². The van der Waals surface area contributed by atoms with Crippen LogP contribution in [0.3, 0.4) is 0 Å². The second-order valence-electron chi connectivity index (χ2n) is 5.70. The molecule has 4 radical (unpaired) electrons. The zero-order chi connectivity index (χ0) is 20.8. The fourth-order valence-electron chi connectivity index (χ4n) is 2.32. The van der Waals surface area contributed by atoms with Crippen molar-refractivity contribution in [2.24, 2.45) is 0 Å². The summed E-state index contributed by atoms with van der Waals surface area (Å²) in [4.78, 5) is 0. The van der Waals surface area contributed by atoms with Gasteiger partial charge in [0.1, 0.15) is 0 Å². The van der Waals surface area contributed by atoms with E-state index in [4.69, 9.17) is 24.8 Å². The van der Waals surface area contributed by atoms with Crippen LogP contribution in [-0.2, 0) is 17.2 Å². The van der Waals surface area contributed by atoms with Gasteiger partial charge in [0, 0.05) is 10.6 Å². The summed E-state index contributed by atoms with van der Waals surface area (Å²) in [6.45, 7) is 0. The first-order valence-electron chi connectivity index (χ1n) is 8.90. The van der Waals surface area contributed by atoms with Gasteiger partial charge in [0.25, 0.3) is 0 Å². The third-order valence-corrected chi connectivity index (χ3v) is 7.82. The number of halogens is 1. The summed E-state index contributed by atoms with van der Waals surface area (Å²) in [5.41, 5.74) is 0. The molecule has 154 valence electrons. The second-order valence-corrected chi connectivity index (χ2v) is 10.1. The molecule has 0 amide bonds. The van der Waals surface area contributed by atoms with Crippen LogP contribution in [0.25, 0.3) is 0 Å². The van der Waals surface area contributed by atoms with Crippen LogP contribution in [0, 0.1) is 12.1 Å². The van der Waals surface area contributed by atoms with Gasteiger partial charge in [-0.1, -0.05) is 125 Å². The minimum absolute atomic E-state index is 0. The van der Waals surface area contributed by atoms with Crippen LogP contribution >= 0.6 is 19.4 Å². The van der Waals surface area contributed by atoms with E-state index >= 15 is 0 Å². The first-order chi connectivity index (χ1) is 14.2. The summed E-state index contributed by atoms with van der Waals surface area (Å²) in [5, 5.41) is 1.40. The molecular weight excluding hydrogens is 654 g/mol. The van der Waals surface area contributed by atoms with Gasteiger partial charge in [0.2, 0.25) is 0 Å². The summed E-state index contributed by atoms with van der Waals surface area (Å²) in [6, 6.07) is 43.4. The Morgan fingerprint density at radius 2 is 0.935 bits per heavy atom. The molecule has 0 saturated heterocycles. The second kappa shape index (κ2) is 17.2. The van der Waals surface area contributed by atoms with E-state index in [9.17, 15) is 4.57 Å². The Labute approximate surface area is 222 Å². The zero-order valence-corrected chi connectivity index (χ0v) is 23.8. The third-order valence-electron chi connectivity index (χ3n) is 3.71. The Bertz CT molecular complexity index is 876. The molecule has 0 N–H and O–H groups in total. The van der Waals surface area contributed by atoms with Crippen LogP contribution in [0.1, 0.15) is 0 Å². The molecule has 0 aliphatic heterocycles. The van der Waals surface area contributed by atoms with E-state index in [0.717, 1.165) is 0 Å². The molecule has 0 spiro atoms. The third kappa shape index (κ3) is 10.2. The maximum atomic E-state index is 13.1. The van der Waals surface area contributed by atoms with Crippen molar-refractivity contribution in [3.8, 4) is 0 Å². The van der Waals surface area contributed by atoms with Gasteiger partial charge in [0.15, 0.2) is 7.14 Å². The Hall–Kier alpha value is -1.37. The number of thiocarbonyl (C=S) groups is 1. The molecule has 1 nitrogen and oxygen atoms in total. The Morgan fingerprint density at radius 3 is 1.13 bits per heavy atom. The van der Waals surface area contributed by atoms with Crippen LogP contribution in [0.4, 0.5) is 0 Å². The minimum atomic E-state index is -2.95. The van der Waals surface area contributed by atoms with Crippen LogP contribution in [0.15, 0.2) is 121 Å². The van der Waals surface area contributed by atoms with E-state index in [-0.39, 0.29) is 43.6 Å². The van der Waals surface area contributed by atoms with E-state index < -0.39 is 7.14 Å². The summed E-state index contributed by atoms with van der Waals surface area (Å²) in [7, 11) is -2.95. The quantitative estimate of drug-likeness (QED) is 0.144. The molecule has 0 unspecified atom stereocenters. The van der Waals surface area contributed by atoms with Crippen LogP contribution in [-0.4, -0.2) is 31.2 Å². The zero-order valence-electron chi connectivity index (χ0n) is 16.6. The van der Waals surface area contributed by atoms with Crippen molar-refractivity contribution >= 4 is 73.8 Å². The fourth-order valence-corrected chi connectivity index (χ4v) is 5.49. The van der Waals surface area contributed by atoms with E-state index in [0.29, 0.717) is 10.6 Å². The van der Waals surface area contributed by atoms with Crippen molar-refractivity contribution < 1.29 is 17.0 Å². The van der Waals surface area contributed by atoms with Gasteiger partial charge < -0.3 is 41.8 Å². The van der Waals surface area contributed by atoms with Crippen LogP contribution in [0.5, 0.6) is 0 Å². The van der Waals surface area contributed by atoms with Gasteiger partial charge >= 0.3 is 27.3 Å². The van der Waals surface area contributed by atoms with Crippen molar-refractivity contribution in [2.75, 3.05) is 0 Å². The average Bonchev–Trinajstić information content (AvgIpc) is 2.82. The smallest absolute Gasteiger partial charge is 1.00 e. The molecule has 4 aromatic rings. The SMILES string of the molecule is O=P(C(=S)[S-])(c1ccccc1)c1ccccc1.[Cl-].[Pb+2].[c]1ccccc1.[c]1ccccc1. The molecule has 6 heteroatoms. The Balaban J connectivity index is 0.000000530. The molecule has 4 aromatic carbocycles. The van der Waals surface area contributed by atoms with E-state index in [1.807, 2.05) is 121 Å². The summed E-state index contributed by atoms with van der Waals surface area (Å²) >= 11 is 10.1. The molecule has 0 heterocycles. The average molecular weight is 674 g/mol. The molecular formula is C25H20ClOPPbS2. The summed E-state index contributed by atoms with van der Waals surface area (Å²) in [6.07, 6.45) is 0. The monoisotopic (exact) mass is 674 g/mol. The maximum absolute atomic E-state index is 13.1. The van der Waals surface area contributed by atoms with E-state index in [1.54, 1.807) is 0 Å². The molecule has 0 aromatic heterocycles. The first kappa shape index (κ1) is 29.6. The van der Waals surface area contributed by atoms with E-state index in [2.05, 4.69) is 12.1 Å². The Kier molecular flexibility index (Phi) is 16.5. The molecule has 4 rings (SSSR count). The number of rotatable bonds is 3. The normalized spacial score (nSPS) is 9.16. The van der Waals surface area contributed by atoms with Crippen molar-refractivity contribution in [3.63, 3.8) is 0 Å². The predicted octanol–water partition coefficient (Wildman–Crippen LogP) is 2.43. The fraction of sp³-hybridized carbons (Fsp3) is 0. The molecule has 0 atom stereocenters. The van der Waals surface area contributed by atoms with Gasteiger partial charge in [-0.25, -0.2) is 0 Å². The molecule has 31 heavy (non-hydrogen) atoms. The largest absolute Gasteiger partial charge is 2.00 e. The maximum Gasteiger partial charge on any atom is 2.00 e. The van der Waals surface area contributed by atoms with Gasteiger partial charge in [-0.3, -0.25) is 0 Å². The Morgan fingerprint density at radius 1 is 0.645 bits per heavy atom. The van der Waals surface area contributed by atoms with Gasteiger partial charge in [-0.15, -0.1) is 0 Å². The van der Waals surface area contributed by atoms with Gasteiger partial charge in [-0.05, 0) is 12.1 Å². The van der Waals surface area contributed by atoms with Crippen molar-refractivity contribution in [2.45, 2.75) is 0 Å². The minimum Gasteiger partial charge on any atom is -1.00 e. The van der Waals surface area contributed by atoms with Gasteiger partial charge in [0.05, 0.1) is 0 Å². The van der Waals surface area contributed by atoms with Gasteiger partial charge in [-0.2, -0.15) is 0 Å². The molecule has 0 fully saturated rings. The van der Waals surface area contributed by atoms with Crippen LogP contribution < -0.4 is 23.0 Å². The van der Waals surface area contributed by atoms with E-state index in [1.165, 1.54) is 0 Å². The predicted molar refractivity (Wildman–Crippen MR) is 136 cm³/mol. The van der Waals surface area contributed by atoms with Crippen molar-refractivity contribution in [1.29, 1.82) is 0 Å². The molecule has 0 aliphatic rings. The molecule has 0 aliphatic carbocycles. The standard InChI is InChI=1S/C13H11OPS2.2C6H5.ClH.Pb/c14-15(13(16)17,11-7-3-1-4-8-11)12-9-5-2-6-10-12;2*1-2-4-6-5-3-1;;/h1-10H,(H,16,17);2*1-5H;1H;/q;;;;+2/p-2. The number of benzene rings is 4. The summed E-state index contributed by atoms with van der Waals surface area (Å²) < 4.78 is 13.2. The summed E-state index contributed by atoms with van der Waals surface area (Å²) in [5.74, 6) is 0. The molecule has 0 saturated carbocycles. The first-order valence-corrected chi connectivity index (χ1v) is 11.4. The van der Waals surface area contributed by atoms with Crippen LogP contribution in [0.2, 0.25) is 0 Å². The van der Waals surface area contributed by atoms with Crippen molar-refractivity contribution in [1.82, 2.24) is 0 Å². The molecule has 0 bridgehead atoms.